The van der Waals surface area contributed by atoms with Gasteiger partial charge in [0.15, 0.2) is 0 Å². The molecule has 3 nitrogen and oxygen atoms in total. The normalized spacial score (nSPS) is 10.5. The van der Waals surface area contributed by atoms with Gasteiger partial charge >= 0.3 is 5.97 Å². The van der Waals surface area contributed by atoms with E-state index in [0.717, 1.165) is 12.1 Å². The second-order valence-electron chi connectivity index (χ2n) is 3.48. The number of aromatic nitrogens is 1. The molecule has 2 aromatic rings. The summed E-state index contributed by atoms with van der Waals surface area (Å²) < 4.78 is 31.2. The zero-order valence-electron chi connectivity index (χ0n) is 9.04. The predicted molar refractivity (Wildman–Crippen MR) is 57.4 cm³/mol. The van der Waals surface area contributed by atoms with Gasteiger partial charge in [0.05, 0.1) is 19.2 Å². The van der Waals surface area contributed by atoms with Gasteiger partial charge in [0.2, 0.25) is 0 Å². The summed E-state index contributed by atoms with van der Waals surface area (Å²) in [5.41, 5.74) is 0.264. The maximum Gasteiger partial charge on any atom is 0.311 e. The molecule has 0 atom stereocenters. The Hall–Kier alpha value is -2.04. The summed E-state index contributed by atoms with van der Waals surface area (Å²) in [6.45, 7) is 0. The molecule has 5 heteroatoms. The summed E-state index contributed by atoms with van der Waals surface area (Å²) in [6.07, 6.45) is -0.0671. The lowest BCUT2D eigenvalue weighted by molar-refractivity contribution is -0.139. The lowest BCUT2D eigenvalue weighted by Crippen LogP contribution is -2.06. The fraction of sp³-hybridized carbons (Fsp3) is 0.167. The van der Waals surface area contributed by atoms with Gasteiger partial charge in [-0.2, -0.15) is 0 Å². The first kappa shape index (κ1) is 11.4. The first-order valence-electron chi connectivity index (χ1n) is 4.92. The van der Waals surface area contributed by atoms with E-state index in [2.05, 4.69) is 9.72 Å². The Labute approximate surface area is 96.0 Å². The van der Waals surface area contributed by atoms with Crippen LogP contribution < -0.4 is 0 Å². The van der Waals surface area contributed by atoms with E-state index in [9.17, 15) is 13.6 Å². The minimum Gasteiger partial charge on any atom is -0.469 e. The molecule has 1 heterocycles. The number of hydrogen-bond acceptors (Lipinski definition) is 3. The molecule has 0 saturated heterocycles. The van der Waals surface area contributed by atoms with Gasteiger partial charge in [-0.15, -0.1) is 0 Å². The summed E-state index contributed by atoms with van der Waals surface area (Å²) in [5, 5.41) is 0.0959. The number of methoxy groups -OCH3 is 1. The molecule has 0 spiro atoms. The molecular formula is C12H9F2NO2. The van der Waals surface area contributed by atoms with E-state index in [1.165, 1.54) is 19.2 Å². The Morgan fingerprint density at radius 1 is 1.24 bits per heavy atom. The van der Waals surface area contributed by atoms with E-state index >= 15 is 0 Å². The van der Waals surface area contributed by atoms with Crippen LogP contribution in [-0.4, -0.2) is 18.1 Å². The number of hydrogen-bond donors (Lipinski definition) is 0. The first-order chi connectivity index (χ1) is 8.11. The van der Waals surface area contributed by atoms with Gasteiger partial charge in [0, 0.05) is 5.39 Å². The first-order valence-corrected chi connectivity index (χ1v) is 4.92. The van der Waals surface area contributed by atoms with Crippen molar-refractivity contribution in [3.63, 3.8) is 0 Å². The molecule has 88 valence electrons. The van der Waals surface area contributed by atoms with Crippen molar-refractivity contribution in [3.05, 3.63) is 41.6 Å². The van der Waals surface area contributed by atoms with Gasteiger partial charge in [-0.25, -0.2) is 13.8 Å². The van der Waals surface area contributed by atoms with Crippen molar-refractivity contribution < 1.29 is 18.3 Å². The Kier molecular flexibility index (Phi) is 2.99. The largest absolute Gasteiger partial charge is 0.469 e. The van der Waals surface area contributed by atoms with E-state index in [1.54, 1.807) is 0 Å². The van der Waals surface area contributed by atoms with E-state index in [1.807, 2.05) is 0 Å². The van der Waals surface area contributed by atoms with Crippen LogP contribution in [0.3, 0.4) is 0 Å². The highest BCUT2D eigenvalue weighted by Crippen LogP contribution is 2.19. The maximum absolute atomic E-state index is 13.4. The quantitative estimate of drug-likeness (QED) is 0.752. The predicted octanol–water partition coefficient (Wildman–Crippen LogP) is 2.23. The smallest absolute Gasteiger partial charge is 0.311 e. The Morgan fingerprint density at radius 3 is 2.65 bits per heavy atom. The molecule has 0 aliphatic rings. The van der Waals surface area contributed by atoms with Crippen molar-refractivity contribution in [1.29, 1.82) is 0 Å². The summed E-state index contributed by atoms with van der Waals surface area (Å²) in [6, 6.07) is 4.92. The van der Waals surface area contributed by atoms with Gasteiger partial charge < -0.3 is 4.74 Å². The molecule has 0 saturated carbocycles. The van der Waals surface area contributed by atoms with Gasteiger partial charge in [-0.05, 0) is 24.3 Å². The summed E-state index contributed by atoms with van der Waals surface area (Å²) in [4.78, 5) is 14.9. The van der Waals surface area contributed by atoms with Crippen LogP contribution >= 0.6 is 0 Å². The molecule has 0 amide bonds. The topological polar surface area (TPSA) is 39.2 Å². The molecule has 0 radical (unpaired) electrons. The lowest BCUT2D eigenvalue weighted by atomic mass is 10.1. The average molecular weight is 237 g/mol. The minimum absolute atomic E-state index is 0.0671. The third-order valence-corrected chi connectivity index (χ3v) is 2.37. The number of carbonyl (C=O) groups excluding carboxylic acids is 1. The second kappa shape index (κ2) is 4.45. The summed E-state index contributed by atoms with van der Waals surface area (Å²) in [5.74, 6) is -1.64. The standard InChI is InChI=1S/C12H9F2NO2/c1-17-11(16)6-7-2-3-8-9(13)4-5-10(14)12(8)15-7/h2-5H,6H2,1H3. The van der Waals surface area contributed by atoms with Gasteiger partial charge in [0.25, 0.3) is 0 Å². The van der Waals surface area contributed by atoms with Crippen molar-refractivity contribution in [2.75, 3.05) is 7.11 Å². The van der Waals surface area contributed by atoms with Crippen molar-refractivity contribution in [2.24, 2.45) is 0 Å². The molecule has 1 aromatic carbocycles. The highest BCUT2D eigenvalue weighted by molar-refractivity contribution is 5.81. The Bertz CT molecular complexity index is 584. The van der Waals surface area contributed by atoms with Crippen LogP contribution in [0.15, 0.2) is 24.3 Å². The Balaban J connectivity index is 2.50. The average Bonchev–Trinajstić information content (AvgIpc) is 2.34. The fourth-order valence-corrected chi connectivity index (χ4v) is 1.51. The second-order valence-corrected chi connectivity index (χ2v) is 3.48. The molecule has 0 fully saturated rings. The minimum atomic E-state index is -0.617. The molecule has 0 aliphatic carbocycles. The lowest BCUT2D eigenvalue weighted by Gasteiger charge is -2.03. The molecule has 17 heavy (non-hydrogen) atoms. The number of ether oxygens (including phenoxy) is 1. The van der Waals surface area contributed by atoms with Crippen LogP contribution in [-0.2, 0) is 16.0 Å². The van der Waals surface area contributed by atoms with Gasteiger partial charge in [-0.3, -0.25) is 4.79 Å². The SMILES string of the molecule is COC(=O)Cc1ccc2c(F)ccc(F)c2n1. The zero-order valence-corrected chi connectivity index (χ0v) is 9.04. The van der Waals surface area contributed by atoms with Crippen LogP contribution in [0.5, 0.6) is 0 Å². The number of nitrogens with zero attached hydrogens (tertiary/aromatic N) is 1. The van der Waals surface area contributed by atoms with E-state index in [-0.39, 0.29) is 17.3 Å². The number of rotatable bonds is 2. The molecule has 2 rings (SSSR count). The molecule has 0 N–H and O–H groups in total. The number of carbonyl (C=O) groups is 1. The van der Waals surface area contributed by atoms with Crippen LogP contribution in [0, 0.1) is 11.6 Å². The van der Waals surface area contributed by atoms with E-state index < -0.39 is 17.6 Å². The van der Waals surface area contributed by atoms with E-state index in [4.69, 9.17) is 0 Å². The molecule has 1 aromatic heterocycles. The fourth-order valence-electron chi connectivity index (χ4n) is 1.51. The van der Waals surface area contributed by atoms with Crippen molar-refractivity contribution in [1.82, 2.24) is 4.98 Å². The van der Waals surface area contributed by atoms with E-state index in [0.29, 0.717) is 5.69 Å². The molecule has 0 unspecified atom stereocenters. The third kappa shape index (κ3) is 2.22. The monoisotopic (exact) mass is 237 g/mol. The number of pyridine rings is 1. The van der Waals surface area contributed by atoms with Crippen LogP contribution in [0.25, 0.3) is 10.9 Å². The number of fused-ring (bicyclic) bond motifs is 1. The molecule has 0 bridgehead atoms. The van der Waals surface area contributed by atoms with Gasteiger partial charge in [-0.1, -0.05) is 0 Å². The highest BCUT2D eigenvalue weighted by atomic mass is 19.1. The third-order valence-electron chi connectivity index (χ3n) is 2.37. The maximum atomic E-state index is 13.4. The van der Waals surface area contributed by atoms with Gasteiger partial charge in [0.1, 0.15) is 17.2 Å². The number of esters is 1. The zero-order chi connectivity index (χ0) is 12.4. The summed E-state index contributed by atoms with van der Waals surface area (Å²) in [7, 11) is 1.25. The van der Waals surface area contributed by atoms with Crippen LogP contribution in [0.1, 0.15) is 5.69 Å². The van der Waals surface area contributed by atoms with Crippen molar-refractivity contribution >= 4 is 16.9 Å². The molecular weight excluding hydrogens is 228 g/mol. The highest BCUT2D eigenvalue weighted by Gasteiger charge is 2.10. The van der Waals surface area contributed by atoms with Crippen LogP contribution in [0.2, 0.25) is 0 Å². The van der Waals surface area contributed by atoms with Crippen molar-refractivity contribution in [2.45, 2.75) is 6.42 Å². The van der Waals surface area contributed by atoms with Crippen molar-refractivity contribution in [3.8, 4) is 0 Å². The summed E-state index contributed by atoms with van der Waals surface area (Å²) >= 11 is 0. The number of benzene rings is 1. The Morgan fingerprint density at radius 2 is 1.94 bits per heavy atom. The number of halogens is 2. The van der Waals surface area contributed by atoms with Crippen LogP contribution in [0.4, 0.5) is 8.78 Å². The molecule has 0 aliphatic heterocycles.